The minimum atomic E-state index is -4.31. The van der Waals surface area contributed by atoms with E-state index in [1.807, 2.05) is 0 Å². The van der Waals surface area contributed by atoms with E-state index in [2.05, 4.69) is 0 Å². The maximum absolute atomic E-state index is 12.8. The van der Waals surface area contributed by atoms with Crippen molar-refractivity contribution in [1.29, 1.82) is 0 Å². The summed E-state index contributed by atoms with van der Waals surface area (Å²) < 4.78 is 36.2. The van der Waals surface area contributed by atoms with Crippen LogP contribution in [0.25, 0.3) is 0 Å². The van der Waals surface area contributed by atoms with Gasteiger partial charge >= 0.3 is 51.7 Å². The number of nitrogens with zero attached hydrogens (tertiary/aromatic N) is 2. The molecular weight excluding hydrogens is 463 g/mol. The molecule has 2 saturated heterocycles. The molecule has 0 saturated carbocycles. The summed E-state index contributed by atoms with van der Waals surface area (Å²) in [4.78, 5) is 39.6. The molecule has 12 heteroatoms. The van der Waals surface area contributed by atoms with Gasteiger partial charge in [0.15, 0.2) is 11.5 Å². The summed E-state index contributed by atoms with van der Waals surface area (Å²) in [6.45, 7) is 7.03. The smallest absolute Gasteiger partial charge is 1.00 e. The van der Waals surface area contributed by atoms with Crippen LogP contribution in [0.2, 0.25) is 0 Å². The fraction of sp³-hybridized carbons (Fsp3) is 0.476. The largest absolute Gasteiger partial charge is 1.00 e. The average Bonchev–Trinajstić information content (AvgIpc) is 3.02. The van der Waals surface area contributed by atoms with E-state index in [0.717, 1.165) is 10.5 Å². The molecule has 0 unspecified atom stereocenters. The van der Waals surface area contributed by atoms with Crippen LogP contribution in [-0.4, -0.2) is 65.5 Å². The van der Waals surface area contributed by atoms with Crippen LogP contribution in [0.5, 0.6) is 0 Å². The fourth-order valence-corrected chi connectivity index (χ4v) is 5.34. The van der Waals surface area contributed by atoms with Crippen LogP contribution in [0.15, 0.2) is 40.6 Å². The van der Waals surface area contributed by atoms with Gasteiger partial charge in [0.05, 0.1) is 6.04 Å². The van der Waals surface area contributed by atoms with Crippen molar-refractivity contribution in [2.24, 2.45) is 5.92 Å². The summed E-state index contributed by atoms with van der Waals surface area (Å²) in [6, 6.07) is 4.52. The number of amides is 2. The second kappa shape index (κ2) is 8.61. The summed E-state index contributed by atoms with van der Waals surface area (Å²) in [5, 5.41) is 9.74. The fourth-order valence-electron chi connectivity index (χ4n) is 4.36. The number of hydrogen-bond donors (Lipinski definition) is 1. The van der Waals surface area contributed by atoms with E-state index in [-0.39, 0.29) is 60.5 Å². The van der Waals surface area contributed by atoms with Crippen LogP contribution in [0.1, 0.15) is 34.2 Å². The summed E-state index contributed by atoms with van der Waals surface area (Å²) in [6.07, 6.45) is -0.715. The van der Waals surface area contributed by atoms with Crippen molar-refractivity contribution < 1.29 is 67.8 Å². The number of rotatable bonds is 4. The summed E-state index contributed by atoms with van der Waals surface area (Å²) in [7, 11) is -4.31. The normalized spacial score (nSPS) is 24.0. The van der Waals surface area contributed by atoms with Gasteiger partial charge in [0.25, 0.3) is 5.91 Å². The summed E-state index contributed by atoms with van der Waals surface area (Å²) >= 11 is 0. The predicted octanol–water partition coefficient (Wildman–Crippen LogP) is -1.04. The maximum Gasteiger partial charge on any atom is 1.00 e. The third kappa shape index (κ3) is 4.51. The number of carbonyl (C=O) groups is 3. The van der Waals surface area contributed by atoms with Gasteiger partial charge < -0.3 is 15.5 Å². The van der Waals surface area contributed by atoms with Gasteiger partial charge in [0, 0.05) is 18.9 Å². The molecular formula is C21H25N2NaO8S. The van der Waals surface area contributed by atoms with E-state index in [0.29, 0.717) is 0 Å². The summed E-state index contributed by atoms with van der Waals surface area (Å²) in [5.41, 5.74) is -0.424. The Morgan fingerprint density at radius 3 is 2.33 bits per heavy atom. The van der Waals surface area contributed by atoms with E-state index >= 15 is 0 Å². The number of carboxylic acid groups (broad SMARTS) is 1. The number of allylic oxidation sites excluding steroid dienone is 1. The number of carboxylic acids is 1. The standard InChI is InChI=1S/C21H24N2O8S.Na.H/c1-11-5-7-13(8-6-11)32(28,29)31-14-9-12-10-22(20(27)30-21(2,3)4)17-15(12)23(18(17)24)16(14)19(25)26;;/h5-8,12,15,17H,9-10H2,1-4H3,(H,25,26);;/q;+1;-1/t12-,15-,17+;;/m1../s1. The molecule has 0 spiro atoms. The molecule has 0 bridgehead atoms. The third-order valence-electron chi connectivity index (χ3n) is 5.67. The quantitative estimate of drug-likeness (QED) is 0.323. The van der Waals surface area contributed by atoms with Gasteiger partial charge in [0.1, 0.15) is 16.5 Å². The van der Waals surface area contributed by atoms with Gasteiger partial charge in [0.2, 0.25) is 0 Å². The van der Waals surface area contributed by atoms with E-state index in [9.17, 15) is 27.9 Å². The zero-order chi connectivity index (χ0) is 23.6. The Morgan fingerprint density at radius 2 is 1.79 bits per heavy atom. The van der Waals surface area contributed by atoms with Crippen molar-refractivity contribution in [2.45, 2.75) is 56.7 Å². The molecule has 4 rings (SSSR count). The molecule has 174 valence electrons. The minimum Gasteiger partial charge on any atom is -1.00 e. The second-order valence-electron chi connectivity index (χ2n) is 9.17. The van der Waals surface area contributed by atoms with E-state index < -0.39 is 51.5 Å². The zero-order valence-electron chi connectivity index (χ0n) is 20.1. The number of likely N-dealkylation sites (tertiary alicyclic amines) is 1. The van der Waals surface area contributed by atoms with Crippen molar-refractivity contribution in [1.82, 2.24) is 9.80 Å². The van der Waals surface area contributed by atoms with Gasteiger partial charge in [-0.1, -0.05) is 17.7 Å². The minimum absolute atomic E-state index is 0. The van der Waals surface area contributed by atoms with Crippen molar-refractivity contribution in [3.8, 4) is 0 Å². The molecule has 3 atom stereocenters. The van der Waals surface area contributed by atoms with Gasteiger partial charge in [-0.15, -0.1) is 0 Å². The molecule has 33 heavy (non-hydrogen) atoms. The van der Waals surface area contributed by atoms with E-state index in [1.165, 1.54) is 17.0 Å². The van der Waals surface area contributed by atoms with E-state index in [4.69, 9.17) is 8.92 Å². The SMILES string of the molecule is Cc1ccc(S(=O)(=O)OC2=C(C(=O)O)N3C(=O)[C@@H]4[C@H]3[C@H](C2)CN4C(=O)OC(C)(C)C)cc1.[H-].[Na+]. The topological polar surface area (TPSA) is 131 Å². The monoisotopic (exact) mass is 488 g/mol. The average molecular weight is 488 g/mol. The molecule has 10 nitrogen and oxygen atoms in total. The Labute approximate surface area is 215 Å². The number of carbonyl (C=O) groups excluding carboxylic acids is 2. The van der Waals surface area contributed by atoms with Gasteiger partial charge in [-0.05, 0) is 39.8 Å². The third-order valence-corrected chi connectivity index (χ3v) is 6.94. The van der Waals surface area contributed by atoms with Crippen LogP contribution in [0.3, 0.4) is 0 Å². The molecule has 3 aliphatic rings. The van der Waals surface area contributed by atoms with Gasteiger partial charge in [-0.25, -0.2) is 9.59 Å². The Bertz CT molecular complexity index is 1150. The molecule has 2 amide bonds. The van der Waals surface area contributed by atoms with Crippen molar-refractivity contribution in [3.63, 3.8) is 0 Å². The number of β-lactam (4-membered cyclic amide) rings is 1. The number of ether oxygens (including phenoxy) is 1. The molecule has 0 aliphatic carbocycles. The molecule has 3 aliphatic heterocycles. The predicted molar refractivity (Wildman–Crippen MR) is 111 cm³/mol. The molecule has 1 N–H and O–H groups in total. The molecule has 0 radical (unpaired) electrons. The molecule has 0 aromatic heterocycles. The Kier molecular flexibility index (Phi) is 6.66. The first-order valence-electron chi connectivity index (χ1n) is 10.1. The number of aliphatic carboxylic acids is 1. The van der Waals surface area contributed by atoms with Crippen molar-refractivity contribution in [2.75, 3.05) is 6.54 Å². The van der Waals surface area contributed by atoms with Gasteiger partial charge in [-0.3, -0.25) is 14.6 Å². The Morgan fingerprint density at radius 1 is 1.18 bits per heavy atom. The Balaban J connectivity index is 0.00000204. The van der Waals surface area contributed by atoms with Crippen LogP contribution >= 0.6 is 0 Å². The van der Waals surface area contributed by atoms with Crippen molar-refractivity contribution >= 4 is 28.1 Å². The van der Waals surface area contributed by atoms with Crippen LogP contribution < -0.4 is 29.6 Å². The molecule has 2 fully saturated rings. The zero-order valence-corrected chi connectivity index (χ0v) is 21.9. The first kappa shape index (κ1) is 25.5. The number of aryl methyl sites for hydroxylation is 1. The molecule has 3 heterocycles. The number of benzene rings is 1. The number of hydrogen-bond acceptors (Lipinski definition) is 7. The maximum atomic E-state index is 12.8. The Hall–Kier alpha value is -2.08. The first-order chi connectivity index (χ1) is 14.8. The van der Waals surface area contributed by atoms with Crippen molar-refractivity contribution in [3.05, 3.63) is 41.3 Å². The van der Waals surface area contributed by atoms with Crippen LogP contribution in [-0.2, 0) is 28.6 Å². The molecule has 1 aromatic rings. The summed E-state index contributed by atoms with van der Waals surface area (Å²) in [5.74, 6) is -2.77. The van der Waals surface area contributed by atoms with Gasteiger partial charge in [-0.2, -0.15) is 8.42 Å². The van der Waals surface area contributed by atoms with Crippen LogP contribution in [0, 0.1) is 12.8 Å². The molecule has 1 aromatic carbocycles. The second-order valence-corrected chi connectivity index (χ2v) is 10.7. The van der Waals surface area contributed by atoms with Crippen LogP contribution in [0.4, 0.5) is 4.79 Å². The van der Waals surface area contributed by atoms with E-state index in [1.54, 1.807) is 39.8 Å². The first-order valence-corrected chi connectivity index (χ1v) is 11.5.